The average Bonchev–Trinajstić information content (AvgIpc) is 3.15. The minimum absolute atomic E-state index is 0.119. The lowest BCUT2D eigenvalue weighted by Crippen LogP contribution is -2.08. The third kappa shape index (κ3) is 2.82. The molecule has 0 aliphatic rings. The smallest absolute Gasteiger partial charge is 0.205 e. The molecule has 0 aliphatic heterocycles. The van der Waals surface area contributed by atoms with E-state index in [-0.39, 0.29) is 6.04 Å². The van der Waals surface area contributed by atoms with Crippen LogP contribution in [0.1, 0.15) is 18.5 Å². The van der Waals surface area contributed by atoms with Crippen molar-refractivity contribution < 1.29 is 14.2 Å². The highest BCUT2D eigenvalue weighted by molar-refractivity contribution is 7.08. The Balaban J connectivity index is 2.12. The Morgan fingerprint density at radius 3 is 2.50 bits per heavy atom. The molecule has 0 saturated carbocycles. The van der Waals surface area contributed by atoms with Crippen LogP contribution in [0, 0.1) is 0 Å². The second-order valence-corrected chi connectivity index (χ2v) is 5.97. The lowest BCUT2D eigenvalue weighted by Gasteiger charge is -2.18. The first-order chi connectivity index (χ1) is 11.7. The Labute approximate surface area is 144 Å². The van der Waals surface area contributed by atoms with Crippen LogP contribution in [0.15, 0.2) is 29.2 Å². The van der Waals surface area contributed by atoms with Crippen LogP contribution in [0.4, 0.5) is 5.82 Å². The van der Waals surface area contributed by atoms with Crippen molar-refractivity contribution in [2.75, 3.05) is 26.6 Å². The first kappa shape index (κ1) is 16.3. The summed E-state index contributed by atoms with van der Waals surface area (Å²) in [6.07, 6.45) is 1.51. The molecule has 126 valence electrons. The summed E-state index contributed by atoms with van der Waals surface area (Å²) in [7, 11) is 4.75. The lowest BCUT2D eigenvalue weighted by molar-refractivity contribution is 0.327. The molecule has 3 rings (SSSR count). The van der Waals surface area contributed by atoms with Gasteiger partial charge in [0.15, 0.2) is 11.5 Å². The summed E-state index contributed by atoms with van der Waals surface area (Å²) in [5.41, 5.74) is 1.88. The highest BCUT2D eigenvalue weighted by atomic mass is 32.1. The highest BCUT2D eigenvalue weighted by Crippen LogP contribution is 2.44. The fourth-order valence-electron chi connectivity index (χ4n) is 2.59. The number of fused-ring (bicyclic) bond motifs is 1. The van der Waals surface area contributed by atoms with Crippen molar-refractivity contribution in [3.63, 3.8) is 0 Å². The summed E-state index contributed by atoms with van der Waals surface area (Å²) in [6.45, 7) is 2.09. The number of nitrogens with zero attached hydrogens (tertiary/aromatic N) is 2. The molecule has 0 radical (unpaired) electrons. The molecule has 0 amide bonds. The summed E-state index contributed by atoms with van der Waals surface area (Å²) in [5.74, 6) is 2.34. The quantitative estimate of drug-likeness (QED) is 0.731. The van der Waals surface area contributed by atoms with E-state index >= 15 is 0 Å². The zero-order valence-corrected chi connectivity index (χ0v) is 14.8. The molecule has 3 aromatic rings. The van der Waals surface area contributed by atoms with Gasteiger partial charge in [0.2, 0.25) is 5.75 Å². The monoisotopic (exact) mass is 345 g/mol. The largest absolute Gasteiger partial charge is 0.493 e. The normalized spacial score (nSPS) is 12.0. The molecule has 1 N–H and O–H groups in total. The first-order valence-electron chi connectivity index (χ1n) is 7.41. The minimum atomic E-state index is 0.119. The number of methoxy groups -OCH3 is 3. The van der Waals surface area contributed by atoms with Crippen molar-refractivity contribution >= 4 is 28.1 Å². The maximum absolute atomic E-state index is 5.50. The molecule has 0 bridgehead atoms. The third-order valence-electron chi connectivity index (χ3n) is 3.83. The average molecular weight is 345 g/mol. The molecule has 1 aromatic carbocycles. The maximum Gasteiger partial charge on any atom is 0.205 e. The van der Waals surface area contributed by atoms with Gasteiger partial charge >= 0.3 is 0 Å². The molecular formula is C17H19N3O3S. The van der Waals surface area contributed by atoms with Crippen molar-refractivity contribution in [2.45, 2.75) is 13.0 Å². The van der Waals surface area contributed by atoms with Gasteiger partial charge in [0.25, 0.3) is 0 Å². The number of hydrogen-bond acceptors (Lipinski definition) is 7. The third-order valence-corrected chi connectivity index (χ3v) is 4.53. The SMILES string of the molecule is COc1cc2c(NC(C)c3ccsc3)ncnc2c(OC)c1OC. The number of aromatic nitrogens is 2. The molecule has 1 unspecified atom stereocenters. The van der Waals surface area contributed by atoms with Crippen LogP contribution in [0.2, 0.25) is 0 Å². The molecule has 0 aliphatic carbocycles. The van der Waals surface area contributed by atoms with E-state index < -0.39 is 0 Å². The predicted octanol–water partition coefficient (Wildman–Crippen LogP) is 3.89. The second-order valence-electron chi connectivity index (χ2n) is 5.19. The number of benzene rings is 1. The molecule has 2 aromatic heterocycles. The molecule has 0 spiro atoms. The second kappa shape index (κ2) is 6.92. The van der Waals surface area contributed by atoms with Crippen LogP contribution in [0.25, 0.3) is 10.9 Å². The van der Waals surface area contributed by atoms with E-state index in [0.29, 0.717) is 22.8 Å². The van der Waals surface area contributed by atoms with Crippen molar-refractivity contribution in [1.82, 2.24) is 9.97 Å². The minimum Gasteiger partial charge on any atom is -0.493 e. The molecular weight excluding hydrogens is 326 g/mol. The Hall–Kier alpha value is -2.54. The van der Waals surface area contributed by atoms with E-state index in [1.54, 1.807) is 32.7 Å². The van der Waals surface area contributed by atoms with Crippen molar-refractivity contribution in [2.24, 2.45) is 0 Å². The Morgan fingerprint density at radius 2 is 1.88 bits per heavy atom. The summed E-state index contributed by atoms with van der Waals surface area (Å²) >= 11 is 1.67. The Kier molecular flexibility index (Phi) is 4.71. The first-order valence-corrected chi connectivity index (χ1v) is 8.36. The van der Waals surface area contributed by atoms with Crippen molar-refractivity contribution in [1.29, 1.82) is 0 Å². The summed E-state index contributed by atoms with van der Waals surface area (Å²) in [5, 5.41) is 8.42. The van der Waals surface area contributed by atoms with Gasteiger partial charge in [-0.3, -0.25) is 0 Å². The number of hydrogen-bond donors (Lipinski definition) is 1. The highest BCUT2D eigenvalue weighted by Gasteiger charge is 2.20. The van der Waals surface area contributed by atoms with Gasteiger partial charge in [-0.05, 0) is 35.4 Å². The van der Waals surface area contributed by atoms with Crippen molar-refractivity contribution in [3.8, 4) is 17.2 Å². The van der Waals surface area contributed by atoms with Crippen LogP contribution >= 0.6 is 11.3 Å². The molecule has 6 nitrogen and oxygen atoms in total. The molecule has 0 fully saturated rings. The summed E-state index contributed by atoms with van der Waals surface area (Å²) in [6, 6.07) is 4.07. The van der Waals surface area contributed by atoms with Crippen LogP contribution in [0.5, 0.6) is 17.2 Å². The summed E-state index contributed by atoms with van der Waals surface area (Å²) < 4.78 is 16.4. The van der Waals surface area contributed by atoms with E-state index in [4.69, 9.17) is 14.2 Å². The Bertz CT molecular complexity index is 837. The molecule has 24 heavy (non-hydrogen) atoms. The van der Waals surface area contributed by atoms with E-state index in [1.165, 1.54) is 11.9 Å². The number of nitrogens with one attached hydrogen (secondary N) is 1. The van der Waals surface area contributed by atoms with Crippen LogP contribution in [-0.4, -0.2) is 31.3 Å². The summed E-state index contributed by atoms with van der Waals surface area (Å²) in [4.78, 5) is 8.75. The Morgan fingerprint density at radius 1 is 1.08 bits per heavy atom. The fourth-order valence-corrected chi connectivity index (χ4v) is 3.34. The zero-order chi connectivity index (χ0) is 17.1. The van der Waals surface area contributed by atoms with Crippen LogP contribution in [-0.2, 0) is 0 Å². The molecule has 0 saturated heterocycles. The maximum atomic E-state index is 5.50. The van der Waals surface area contributed by atoms with Gasteiger partial charge in [-0.25, -0.2) is 9.97 Å². The van der Waals surface area contributed by atoms with E-state index in [2.05, 4.69) is 39.0 Å². The van der Waals surface area contributed by atoms with E-state index in [0.717, 1.165) is 11.2 Å². The number of thiophene rings is 1. The molecule has 7 heteroatoms. The van der Waals surface area contributed by atoms with Gasteiger partial charge in [-0.15, -0.1) is 0 Å². The zero-order valence-electron chi connectivity index (χ0n) is 14.0. The predicted molar refractivity (Wildman–Crippen MR) is 95.6 cm³/mol. The van der Waals surface area contributed by atoms with Crippen molar-refractivity contribution in [3.05, 3.63) is 34.8 Å². The molecule has 1 atom stereocenters. The van der Waals surface area contributed by atoms with Gasteiger partial charge in [0, 0.05) is 0 Å². The van der Waals surface area contributed by atoms with Gasteiger partial charge in [-0.1, -0.05) is 0 Å². The lowest BCUT2D eigenvalue weighted by atomic mass is 10.1. The standard InChI is InChI=1S/C17H19N3O3S/c1-10(11-5-6-24-8-11)20-17-12-7-13(21-2)15(22-3)16(23-4)14(12)18-9-19-17/h5-10H,1-4H3,(H,18,19,20). The van der Waals surface area contributed by atoms with Gasteiger partial charge in [0.1, 0.15) is 17.7 Å². The number of ether oxygens (including phenoxy) is 3. The fraction of sp³-hybridized carbons (Fsp3) is 0.294. The van der Waals surface area contributed by atoms with Crippen LogP contribution in [0.3, 0.4) is 0 Å². The topological polar surface area (TPSA) is 65.5 Å². The van der Waals surface area contributed by atoms with E-state index in [1.807, 2.05) is 6.07 Å². The van der Waals surface area contributed by atoms with Crippen LogP contribution < -0.4 is 19.5 Å². The van der Waals surface area contributed by atoms with E-state index in [9.17, 15) is 0 Å². The molecule has 2 heterocycles. The van der Waals surface area contributed by atoms with Gasteiger partial charge < -0.3 is 19.5 Å². The number of rotatable bonds is 6. The number of anilines is 1. The van der Waals surface area contributed by atoms with Gasteiger partial charge in [0.05, 0.1) is 32.8 Å². The van der Waals surface area contributed by atoms with Gasteiger partial charge in [-0.2, -0.15) is 11.3 Å².